The summed E-state index contributed by atoms with van der Waals surface area (Å²) in [6, 6.07) is 8.13. The zero-order valence-corrected chi connectivity index (χ0v) is 10.1. The summed E-state index contributed by atoms with van der Waals surface area (Å²) in [4.78, 5) is 6.41. The van der Waals surface area contributed by atoms with Crippen LogP contribution in [0.4, 0.5) is 11.5 Å². The van der Waals surface area contributed by atoms with Crippen molar-refractivity contribution in [3.8, 4) is 0 Å². The maximum atomic E-state index is 8.99. The van der Waals surface area contributed by atoms with Gasteiger partial charge in [-0.15, -0.1) is 0 Å². The van der Waals surface area contributed by atoms with E-state index >= 15 is 0 Å². The van der Waals surface area contributed by atoms with Crippen LogP contribution in [-0.4, -0.2) is 37.3 Å². The molecular weight excluding hydrogens is 214 g/mol. The summed E-state index contributed by atoms with van der Waals surface area (Å²) in [7, 11) is 3.82. The molecule has 1 aromatic heterocycles. The Balaban J connectivity index is 2.58. The third-order valence-corrected chi connectivity index (χ3v) is 2.84. The molecule has 4 nitrogen and oxygen atoms in total. The highest BCUT2D eigenvalue weighted by Crippen LogP contribution is 2.28. The number of nitrogens with one attached hydrogen (secondary N) is 1. The summed E-state index contributed by atoms with van der Waals surface area (Å²) in [6.07, 6.45) is 1.82. The summed E-state index contributed by atoms with van der Waals surface area (Å²) in [5.74, 6) is 0.897. The van der Waals surface area contributed by atoms with Crippen LogP contribution in [0.1, 0.15) is 0 Å². The van der Waals surface area contributed by atoms with Gasteiger partial charge in [0.15, 0.2) is 0 Å². The quantitative estimate of drug-likeness (QED) is 0.841. The Morgan fingerprint density at radius 2 is 2.00 bits per heavy atom. The minimum atomic E-state index is 0.125. The van der Waals surface area contributed by atoms with Gasteiger partial charge in [-0.25, -0.2) is 4.98 Å². The standard InChI is InChI=1S/C13H17N3O/c1-14-12-9-15-13(16(2)7-8-17)11-6-4-3-5-10(11)12/h3-6,9,14,17H,7-8H2,1-2H3. The number of anilines is 2. The van der Waals surface area contributed by atoms with Gasteiger partial charge in [-0.2, -0.15) is 0 Å². The number of nitrogens with zero attached hydrogens (tertiary/aromatic N) is 2. The molecule has 4 heteroatoms. The number of aliphatic hydroxyl groups excluding tert-OH is 1. The monoisotopic (exact) mass is 231 g/mol. The lowest BCUT2D eigenvalue weighted by Crippen LogP contribution is -2.22. The number of benzene rings is 1. The number of rotatable bonds is 4. The third kappa shape index (κ3) is 2.17. The smallest absolute Gasteiger partial charge is 0.136 e. The van der Waals surface area contributed by atoms with Gasteiger partial charge in [0, 0.05) is 31.4 Å². The van der Waals surface area contributed by atoms with Gasteiger partial charge in [0.1, 0.15) is 5.82 Å². The second kappa shape index (κ2) is 5.01. The molecule has 0 bridgehead atoms. The zero-order chi connectivity index (χ0) is 12.3. The Labute approximate surface area is 101 Å². The van der Waals surface area contributed by atoms with Gasteiger partial charge in [0.2, 0.25) is 0 Å². The van der Waals surface area contributed by atoms with E-state index in [1.54, 1.807) is 0 Å². The first-order valence-corrected chi connectivity index (χ1v) is 5.65. The summed E-state index contributed by atoms with van der Waals surface area (Å²) >= 11 is 0. The number of aliphatic hydroxyl groups is 1. The maximum absolute atomic E-state index is 8.99. The molecule has 0 fully saturated rings. The van der Waals surface area contributed by atoms with Crippen LogP contribution < -0.4 is 10.2 Å². The highest BCUT2D eigenvalue weighted by atomic mass is 16.3. The molecule has 0 amide bonds. The predicted molar refractivity (Wildman–Crippen MR) is 71.6 cm³/mol. The molecule has 90 valence electrons. The normalized spacial score (nSPS) is 10.5. The Morgan fingerprint density at radius 3 is 2.65 bits per heavy atom. The summed E-state index contributed by atoms with van der Waals surface area (Å²) in [5, 5.41) is 14.4. The van der Waals surface area contributed by atoms with Gasteiger partial charge in [-0.3, -0.25) is 0 Å². The van der Waals surface area contributed by atoms with Crippen LogP contribution >= 0.6 is 0 Å². The fourth-order valence-electron chi connectivity index (χ4n) is 1.94. The Bertz CT molecular complexity index is 513. The molecule has 1 aromatic carbocycles. The number of hydrogen-bond donors (Lipinski definition) is 2. The predicted octanol–water partition coefficient (Wildman–Crippen LogP) is 1.70. The van der Waals surface area contributed by atoms with Crippen molar-refractivity contribution >= 4 is 22.3 Å². The number of likely N-dealkylation sites (N-methyl/N-ethyl adjacent to an activating group) is 1. The lowest BCUT2D eigenvalue weighted by Gasteiger charge is -2.19. The summed E-state index contributed by atoms with van der Waals surface area (Å²) in [5.41, 5.74) is 1.02. The fraction of sp³-hybridized carbons (Fsp3) is 0.308. The molecular formula is C13H17N3O. The molecule has 2 N–H and O–H groups in total. The van der Waals surface area contributed by atoms with E-state index in [1.165, 1.54) is 0 Å². The fourth-order valence-corrected chi connectivity index (χ4v) is 1.94. The van der Waals surface area contributed by atoms with Gasteiger partial charge in [0.05, 0.1) is 18.5 Å². The molecule has 0 aliphatic heterocycles. The lowest BCUT2D eigenvalue weighted by molar-refractivity contribution is 0.304. The molecule has 0 radical (unpaired) electrons. The maximum Gasteiger partial charge on any atom is 0.136 e. The van der Waals surface area contributed by atoms with Crippen molar-refractivity contribution in [2.24, 2.45) is 0 Å². The van der Waals surface area contributed by atoms with Crippen molar-refractivity contribution in [1.82, 2.24) is 4.98 Å². The molecule has 1 heterocycles. The molecule has 0 spiro atoms. The van der Waals surface area contributed by atoms with Crippen molar-refractivity contribution in [2.45, 2.75) is 0 Å². The van der Waals surface area contributed by atoms with Gasteiger partial charge in [-0.05, 0) is 0 Å². The molecule has 0 aliphatic rings. The van der Waals surface area contributed by atoms with E-state index < -0.39 is 0 Å². The molecule has 0 aliphatic carbocycles. The number of fused-ring (bicyclic) bond motifs is 1. The van der Waals surface area contributed by atoms with Crippen molar-refractivity contribution in [3.05, 3.63) is 30.5 Å². The Kier molecular flexibility index (Phi) is 3.44. The van der Waals surface area contributed by atoms with E-state index in [-0.39, 0.29) is 6.61 Å². The molecule has 0 unspecified atom stereocenters. The van der Waals surface area contributed by atoms with E-state index in [9.17, 15) is 0 Å². The number of pyridine rings is 1. The van der Waals surface area contributed by atoms with Crippen LogP contribution in [0.2, 0.25) is 0 Å². The van der Waals surface area contributed by atoms with Crippen LogP contribution in [0, 0.1) is 0 Å². The zero-order valence-electron chi connectivity index (χ0n) is 10.1. The van der Waals surface area contributed by atoms with Gasteiger partial charge in [0.25, 0.3) is 0 Å². The minimum absolute atomic E-state index is 0.125. The van der Waals surface area contributed by atoms with Crippen LogP contribution in [0.5, 0.6) is 0 Å². The van der Waals surface area contributed by atoms with Gasteiger partial charge >= 0.3 is 0 Å². The van der Waals surface area contributed by atoms with E-state index in [0.717, 1.165) is 22.3 Å². The van der Waals surface area contributed by atoms with Crippen molar-refractivity contribution in [1.29, 1.82) is 0 Å². The van der Waals surface area contributed by atoms with Crippen molar-refractivity contribution in [2.75, 3.05) is 37.5 Å². The van der Waals surface area contributed by atoms with Crippen LogP contribution in [0.3, 0.4) is 0 Å². The first-order chi connectivity index (χ1) is 8.27. The molecule has 0 saturated carbocycles. The lowest BCUT2D eigenvalue weighted by atomic mass is 10.1. The largest absolute Gasteiger partial charge is 0.395 e. The second-order valence-electron chi connectivity index (χ2n) is 3.94. The van der Waals surface area contributed by atoms with Crippen LogP contribution in [0.15, 0.2) is 30.5 Å². The highest BCUT2D eigenvalue weighted by molar-refractivity contribution is 6.00. The highest BCUT2D eigenvalue weighted by Gasteiger charge is 2.09. The average molecular weight is 231 g/mol. The second-order valence-corrected chi connectivity index (χ2v) is 3.94. The van der Waals surface area contributed by atoms with E-state index in [2.05, 4.69) is 16.4 Å². The van der Waals surface area contributed by atoms with Crippen LogP contribution in [-0.2, 0) is 0 Å². The van der Waals surface area contributed by atoms with E-state index in [0.29, 0.717) is 6.54 Å². The first-order valence-electron chi connectivity index (χ1n) is 5.65. The first kappa shape index (κ1) is 11.7. The number of aromatic nitrogens is 1. The SMILES string of the molecule is CNc1cnc(N(C)CCO)c2ccccc12. The molecule has 2 aromatic rings. The van der Waals surface area contributed by atoms with Crippen molar-refractivity contribution < 1.29 is 5.11 Å². The molecule has 2 rings (SSSR count). The topological polar surface area (TPSA) is 48.4 Å². The third-order valence-electron chi connectivity index (χ3n) is 2.84. The van der Waals surface area contributed by atoms with Crippen molar-refractivity contribution in [3.63, 3.8) is 0 Å². The molecule has 0 saturated heterocycles. The van der Waals surface area contributed by atoms with E-state index in [4.69, 9.17) is 5.11 Å². The average Bonchev–Trinajstić information content (AvgIpc) is 2.37. The van der Waals surface area contributed by atoms with Gasteiger partial charge < -0.3 is 15.3 Å². The van der Waals surface area contributed by atoms with E-state index in [1.807, 2.05) is 43.4 Å². The summed E-state index contributed by atoms with van der Waals surface area (Å²) in [6.45, 7) is 0.705. The number of hydrogen-bond acceptors (Lipinski definition) is 4. The molecule has 0 atom stereocenters. The van der Waals surface area contributed by atoms with Gasteiger partial charge in [-0.1, -0.05) is 24.3 Å². The van der Waals surface area contributed by atoms with Crippen LogP contribution in [0.25, 0.3) is 10.8 Å². The summed E-state index contributed by atoms with van der Waals surface area (Å²) < 4.78 is 0. The minimum Gasteiger partial charge on any atom is -0.395 e. The Morgan fingerprint density at radius 1 is 1.29 bits per heavy atom. The Hall–Kier alpha value is -1.81. The molecule has 17 heavy (non-hydrogen) atoms.